The maximum atomic E-state index is 4.07. The smallest absolute Gasteiger partial charge is 0.0361 e. The third-order valence-corrected chi connectivity index (χ3v) is 1.37. The molecule has 0 bridgehead atoms. The van der Waals surface area contributed by atoms with Gasteiger partial charge in [-0.15, -0.1) is 0 Å². The lowest BCUT2D eigenvalue weighted by molar-refractivity contribution is 1.14. The van der Waals surface area contributed by atoms with Crippen LogP contribution in [0, 0.1) is 0 Å². The third-order valence-electron chi connectivity index (χ3n) is 1.37. The van der Waals surface area contributed by atoms with Crippen LogP contribution < -0.4 is 0 Å². The van der Waals surface area contributed by atoms with Gasteiger partial charge in [0.2, 0.25) is 0 Å². The molecule has 0 saturated carbocycles. The minimum absolute atomic E-state index is 0.770. The van der Waals surface area contributed by atoms with Crippen molar-refractivity contribution in [1.82, 2.24) is 0 Å². The lowest BCUT2D eigenvalue weighted by Crippen LogP contribution is -1.85. The van der Waals surface area contributed by atoms with Gasteiger partial charge in [0, 0.05) is 26.0 Å². The molecule has 0 radical (unpaired) electrons. The van der Waals surface area contributed by atoms with Gasteiger partial charge in [0.05, 0.1) is 0 Å². The van der Waals surface area contributed by atoms with E-state index in [-0.39, 0.29) is 0 Å². The number of nitrogens with zero attached hydrogens (tertiary/aromatic N) is 2. The van der Waals surface area contributed by atoms with Gasteiger partial charge in [-0.25, -0.2) is 0 Å². The predicted molar refractivity (Wildman–Crippen MR) is 60.9 cm³/mol. The molecule has 0 aromatic rings. The Labute approximate surface area is 80.1 Å². The highest BCUT2D eigenvalue weighted by molar-refractivity contribution is 5.85. The quantitative estimate of drug-likeness (QED) is 0.454. The second kappa shape index (κ2) is 7.22. The fourth-order valence-electron chi connectivity index (χ4n) is 0.637. The highest BCUT2D eigenvalue weighted by Gasteiger charge is 1.89. The minimum Gasteiger partial charge on any atom is -0.297 e. The van der Waals surface area contributed by atoms with Crippen LogP contribution in [-0.4, -0.2) is 26.0 Å². The Hall–Kier alpha value is -1.44. The second-order valence-corrected chi connectivity index (χ2v) is 2.44. The summed E-state index contributed by atoms with van der Waals surface area (Å²) in [4.78, 5) is 7.88. The maximum Gasteiger partial charge on any atom is 0.0361 e. The van der Waals surface area contributed by atoms with E-state index in [9.17, 15) is 0 Å². The molecule has 0 amide bonds. The average molecular weight is 176 g/mol. The zero-order valence-electron chi connectivity index (χ0n) is 8.33. The van der Waals surface area contributed by atoms with Crippen molar-refractivity contribution >= 4 is 12.4 Å². The first kappa shape index (κ1) is 11.6. The summed E-state index contributed by atoms with van der Waals surface area (Å²) in [6, 6.07) is 0. The average Bonchev–Trinajstić information content (AvgIpc) is 2.14. The Morgan fingerprint density at radius 2 is 2.00 bits per heavy atom. The van der Waals surface area contributed by atoms with Crippen LogP contribution >= 0.6 is 0 Å². The van der Waals surface area contributed by atoms with E-state index in [2.05, 4.69) is 23.1 Å². The first-order valence-electron chi connectivity index (χ1n) is 4.19. The minimum atomic E-state index is 0.770. The summed E-state index contributed by atoms with van der Waals surface area (Å²) in [6.45, 7) is 10.4. The summed E-state index contributed by atoms with van der Waals surface area (Å²) in [5.41, 5.74) is 1.69. The van der Waals surface area contributed by atoms with Crippen LogP contribution in [-0.2, 0) is 0 Å². The van der Waals surface area contributed by atoms with Crippen LogP contribution in [0.1, 0.15) is 6.92 Å². The molecule has 70 valence electrons. The van der Waals surface area contributed by atoms with Crippen molar-refractivity contribution in [3.05, 3.63) is 36.5 Å². The molecule has 0 spiro atoms. The van der Waals surface area contributed by atoms with Crippen molar-refractivity contribution in [2.45, 2.75) is 6.92 Å². The highest BCUT2D eigenvalue weighted by Crippen LogP contribution is 2.03. The third kappa shape index (κ3) is 5.79. The number of allylic oxidation sites excluding steroid dienone is 4. The summed E-state index contributed by atoms with van der Waals surface area (Å²) < 4.78 is 0. The highest BCUT2D eigenvalue weighted by atomic mass is 14.7. The van der Waals surface area contributed by atoms with Crippen LogP contribution in [0.3, 0.4) is 0 Å². The number of hydrogen-bond donors (Lipinski definition) is 0. The molecule has 0 aliphatic carbocycles. The van der Waals surface area contributed by atoms with Gasteiger partial charge in [-0.3, -0.25) is 9.98 Å². The van der Waals surface area contributed by atoms with Gasteiger partial charge < -0.3 is 0 Å². The van der Waals surface area contributed by atoms with E-state index in [1.165, 1.54) is 0 Å². The first-order valence-corrected chi connectivity index (χ1v) is 4.19. The Bertz CT molecular complexity index is 257. The van der Waals surface area contributed by atoms with Crippen molar-refractivity contribution in [3.8, 4) is 0 Å². The molecule has 0 aromatic heterocycles. The molecule has 2 nitrogen and oxygen atoms in total. The van der Waals surface area contributed by atoms with E-state index in [1.54, 1.807) is 19.5 Å². The largest absolute Gasteiger partial charge is 0.297 e. The Morgan fingerprint density at radius 3 is 2.54 bits per heavy atom. The Morgan fingerprint density at radius 1 is 1.31 bits per heavy atom. The zero-order chi connectivity index (χ0) is 10.1. The van der Waals surface area contributed by atoms with Gasteiger partial charge in [0.1, 0.15) is 0 Å². The number of hydrogen-bond acceptors (Lipinski definition) is 2. The van der Waals surface area contributed by atoms with Gasteiger partial charge in [-0.1, -0.05) is 19.2 Å². The fraction of sp³-hybridized carbons (Fsp3) is 0.273. The molecule has 0 rings (SSSR count). The SMILES string of the molecule is C=C(/C=C\C=N/C)C(=C)/C=N\CC. The van der Waals surface area contributed by atoms with Crippen LogP contribution in [0.5, 0.6) is 0 Å². The number of aliphatic imine (C=N–C) groups is 2. The van der Waals surface area contributed by atoms with Gasteiger partial charge >= 0.3 is 0 Å². The van der Waals surface area contributed by atoms with Crippen LogP contribution in [0.4, 0.5) is 0 Å². The standard InChI is InChI=1S/C11H16N2/c1-5-13-9-11(3)10(2)7-6-8-12-4/h6-9H,2-3,5H2,1,4H3/b7-6-,12-8-,13-9-. The normalized spacial score (nSPS) is 11.8. The molecule has 0 aliphatic rings. The summed E-state index contributed by atoms with van der Waals surface area (Å²) >= 11 is 0. The maximum absolute atomic E-state index is 4.07. The summed E-state index contributed by atoms with van der Waals surface area (Å²) in [5, 5.41) is 0. The molecule has 0 unspecified atom stereocenters. The van der Waals surface area contributed by atoms with Crippen LogP contribution in [0.15, 0.2) is 46.4 Å². The van der Waals surface area contributed by atoms with E-state index in [0.29, 0.717) is 0 Å². The summed E-state index contributed by atoms with van der Waals surface area (Å²) in [6.07, 6.45) is 7.12. The summed E-state index contributed by atoms with van der Waals surface area (Å²) in [7, 11) is 1.72. The Balaban J connectivity index is 4.12. The topological polar surface area (TPSA) is 24.7 Å². The summed E-state index contributed by atoms with van der Waals surface area (Å²) in [5.74, 6) is 0. The lowest BCUT2D eigenvalue weighted by atomic mass is 10.1. The van der Waals surface area contributed by atoms with E-state index in [1.807, 2.05) is 19.1 Å². The molecule has 0 aliphatic heterocycles. The number of rotatable bonds is 5. The van der Waals surface area contributed by atoms with E-state index in [0.717, 1.165) is 17.7 Å². The molecule has 0 aromatic carbocycles. The van der Waals surface area contributed by atoms with Crippen molar-refractivity contribution < 1.29 is 0 Å². The molecule has 0 atom stereocenters. The van der Waals surface area contributed by atoms with Crippen molar-refractivity contribution in [2.75, 3.05) is 13.6 Å². The zero-order valence-corrected chi connectivity index (χ0v) is 8.33. The van der Waals surface area contributed by atoms with Crippen LogP contribution in [0.25, 0.3) is 0 Å². The van der Waals surface area contributed by atoms with Crippen LogP contribution in [0.2, 0.25) is 0 Å². The van der Waals surface area contributed by atoms with Gasteiger partial charge in [0.25, 0.3) is 0 Å². The van der Waals surface area contributed by atoms with Gasteiger partial charge in [0.15, 0.2) is 0 Å². The van der Waals surface area contributed by atoms with Gasteiger partial charge in [-0.05, 0) is 24.1 Å². The van der Waals surface area contributed by atoms with Crippen molar-refractivity contribution in [2.24, 2.45) is 9.98 Å². The fourth-order valence-corrected chi connectivity index (χ4v) is 0.637. The predicted octanol–water partition coefficient (Wildman–Crippen LogP) is 2.45. The molecule has 0 fully saturated rings. The molecular formula is C11H16N2. The van der Waals surface area contributed by atoms with E-state index >= 15 is 0 Å². The molecule has 0 N–H and O–H groups in total. The monoisotopic (exact) mass is 176 g/mol. The van der Waals surface area contributed by atoms with E-state index < -0.39 is 0 Å². The Kier molecular flexibility index (Phi) is 6.42. The molecule has 2 heteroatoms. The lowest BCUT2D eigenvalue weighted by Gasteiger charge is -1.95. The second-order valence-electron chi connectivity index (χ2n) is 2.44. The van der Waals surface area contributed by atoms with Crippen molar-refractivity contribution in [1.29, 1.82) is 0 Å². The molecule has 0 saturated heterocycles. The van der Waals surface area contributed by atoms with E-state index in [4.69, 9.17) is 0 Å². The molecule has 0 heterocycles. The first-order chi connectivity index (χ1) is 6.22. The van der Waals surface area contributed by atoms with Crippen molar-refractivity contribution in [3.63, 3.8) is 0 Å². The molecular weight excluding hydrogens is 160 g/mol. The van der Waals surface area contributed by atoms with Gasteiger partial charge in [-0.2, -0.15) is 0 Å². The molecule has 13 heavy (non-hydrogen) atoms.